The molecule has 0 aliphatic heterocycles. The molecule has 0 aliphatic carbocycles. The molecule has 0 atom stereocenters. The molecule has 1 N–H and O–H groups in total. The van der Waals surface area contributed by atoms with Gasteiger partial charge in [-0.3, -0.25) is 0 Å². The average molecular weight is 357 g/mol. The Kier molecular flexibility index (Phi) is 4.92. The average Bonchev–Trinajstić information content (AvgIpc) is 2.66. The lowest BCUT2D eigenvalue weighted by molar-refractivity contribution is 0.414. The molecule has 5 nitrogen and oxygen atoms in total. The van der Waals surface area contributed by atoms with Crippen LogP contribution in [0.2, 0.25) is 0 Å². The fourth-order valence-electron chi connectivity index (χ4n) is 2.50. The largest absolute Gasteiger partial charge is 0.497 e. The molecule has 0 radical (unpaired) electrons. The molecule has 0 fully saturated rings. The van der Waals surface area contributed by atoms with E-state index in [0.717, 1.165) is 27.8 Å². The van der Waals surface area contributed by atoms with E-state index in [1.807, 2.05) is 30.3 Å². The second kappa shape index (κ2) is 7.13. The molecule has 6 heteroatoms. The highest BCUT2D eigenvalue weighted by molar-refractivity contribution is 7.89. The van der Waals surface area contributed by atoms with Gasteiger partial charge in [-0.1, -0.05) is 24.3 Å². The van der Waals surface area contributed by atoms with Crippen LogP contribution in [0.15, 0.2) is 65.6 Å². The second-order valence-corrected chi connectivity index (χ2v) is 7.31. The fourth-order valence-corrected chi connectivity index (χ4v) is 3.55. The molecule has 3 aromatic carbocycles. The standard InChI is InChI=1S/C19H19NO4S/c1-23-17-7-3-14(4-8-17)13-20-25(21,22)19-10-6-15-11-18(24-2)9-5-16(15)12-19/h3-12,20H,13H2,1-2H3. The topological polar surface area (TPSA) is 64.6 Å². The van der Waals surface area contributed by atoms with E-state index in [1.54, 1.807) is 44.6 Å². The Morgan fingerprint density at radius 3 is 2.08 bits per heavy atom. The molecule has 0 aliphatic rings. The van der Waals surface area contributed by atoms with Crippen molar-refractivity contribution >= 4 is 20.8 Å². The highest BCUT2D eigenvalue weighted by Crippen LogP contribution is 2.23. The number of rotatable bonds is 6. The Morgan fingerprint density at radius 1 is 0.800 bits per heavy atom. The molecule has 3 aromatic rings. The maximum Gasteiger partial charge on any atom is 0.240 e. The summed E-state index contributed by atoms with van der Waals surface area (Å²) in [6.45, 7) is 0.215. The highest BCUT2D eigenvalue weighted by Gasteiger charge is 2.14. The van der Waals surface area contributed by atoms with Gasteiger partial charge in [0.05, 0.1) is 19.1 Å². The number of fused-ring (bicyclic) bond motifs is 1. The second-order valence-electron chi connectivity index (χ2n) is 5.55. The van der Waals surface area contributed by atoms with E-state index in [0.29, 0.717) is 0 Å². The molecule has 25 heavy (non-hydrogen) atoms. The number of sulfonamides is 1. The SMILES string of the molecule is COc1ccc(CNS(=O)(=O)c2ccc3cc(OC)ccc3c2)cc1. The normalized spacial score (nSPS) is 11.4. The molecule has 0 saturated heterocycles. The highest BCUT2D eigenvalue weighted by atomic mass is 32.2. The summed E-state index contributed by atoms with van der Waals surface area (Å²) in [6.07, 6.45) is 0. The van der Waals surface area contributed by atoms with Gasteiger partial charge >= 0.3 is 0 Å². The molecule has 0 aromatic heterocycles. The number of methoxy groups -OCH3 is 2. The monoisotopic (exact) mass is 357 g/mol. The van der Waals surface area contributed by atoms with Gasteiger partial charge in [0.15, 0.2) is 0 Å². The first kappa shape index (κ1) is 17.3. The van der Waals surface area contributed by atoms with Crippen LogP contribution in [0.5, 0.6) is 11.5 Å². The number of benzene rings is 3. The minimum absolute atomic E-state index is 0.215. The van der Waals surface area contributed by atoms with E-state index in [1.165, 1.54) is 0 Å². The van der Waals surface area contributed by atoms with Gasteiger partial charge < -0.3 is 9.47 Å². The van der Waals surface area contributed by atoms with Gasteiger partial charge in [-0.15, -0.1) is 0 Å². The van der Waals surface area contributed by atoms with Gasteiger partial charge in [0, 0.05) is 6.54 Å². The van der Waals surface area contributed by atoms with Crippen molar-refractivity contribution in [3.05, 3.63) is 66.2 Å². The van der Waals surface area contributed by atoms with E-state index in [9.17, 15) is 8.42 Å². The molecule has 0 amide bonds. The van der Waals surface area contributed by atoms with Crippen molar-refractivity contribution < 1.29 is 17.9 Å². The van der Waals surface area contributed by atoms with Crippen LogP contribution in [0.3, 0.4) is 0 Å². The number of hydrogen-bond donors (Lipinski definition) is 1. The minimum Gasteiger partial charge on any atom is -0.497 e. The first-order chi connectivity index (χ1) is 12.0. The van der Waals surface area contributed by atoms with Crippen molar-refractivity contribution in [2.45, 2.75) is 11.4 Å². The molecule has 130 valence electrons. The summed E-state index contributed by atoms with van der Waals surface area (Å²) in [7, 11) is -0.403. The molecule has 0 saturated carbocycles. The van der Waals surface area contributed by atoms with E-state index in [4.69, 9.17) is 9.47 Å². The van der Waals surface area contributed by atoms with Crippen molar-refractivity contribution in [2.75, 3.05) is 14.2 Å². The van der Waals surface area contributed by atoms with E-state index in [2.05, 4.69) is 4.72 Å². The van der Waals surface area contributed by atoms with Crippen LogP contribution < -0.4 is 14.2 Å². The first-order valence-corrected chi connectivity index (χ1v) is 9.20. The molecule has 0 bridgehead atoms. The smallest absolute Gasteiger partial charge is 0.240 e. The molecule has 0 heterocycles. The summed E-state index contributed by atoms with van der Waals surface area (Å²) >= 11 is 0. The summed E-state index contributed by atoms with van der Waals surface area (Å²) in [5, 5.41) is 1.77. The Balaban J connectivity index is 1.80. The predicted octanol–water partition coefficient (Wildman–Crippen LogP) is 3.34. The van der Waals surface area contributed by atoms with Crippen LogP contribution >= 0.6 is 0 Å². The Bertz CT molecular complexity index is 982. The van der Waals surface area contributed by atoms with Crippen LogP contribution in [0, 0.1) is 0 Å². The van der Waals surface area contributed by atoms with Gasteiger partial charge in [-0.05, 0) is 52.7 Å². The van der Waals surface area contributed by atoms with Crippen molar-refractivity contribution in [3.8, 4) is 11.5 Å². The van der Waals surface area contributed by atoms with E-state index < -0.39 is 10.0 Å². The van der Waals surface area contributed by atoms with Gasteiger partial charge in [-0.25, -0.2) is 13.1 Å². The van der Waals surface area contributed by atoms with Crippen LogP contribution in [-0.2, 0) is 16.6 Å². The summed E-state index contributed by atoms with van der Waals surface area (Å²) in [6, 6.07) is 17.8. The summed E-state index contributed by atoms with van der Waals surface area (Å²) in [5.74, 6) is 1.47. The summed E-state index contributed by atoms with van der Waals surface area (Å²) < 4.78 is 38.0. The number of nitrogens with one attached hydrogen (secondary N) is 1. The lowest BCUT2D eigenvalue weighted by atomic mass is 10.1. The van der Waals surface area contributed by atoms with Crippen molar-refractivity contribution in [2.24, 2.45) is 0 Å². The van der Waals surface area contributed by atoms with Gasteiger partial charge in [0.1, 0.15) is 11.5 Å². The van der Waals surface area contributed by atoms with Gasteiger partial charge in [-0.2, -0.15) is 0 Å². The van der Waals surface area contributed by atoms with Crippen LogP contribution in [0.4, 0.5) is 0 Å². The Hall–Kier alpha value is -2.57. The zero-order chi connectivity index (χ0) is 17.9. The third-order valence-electron chi connectivity index (χ3n) is 3.95. The van der Waals surface area contributed by atoms with E-state index in [-0.39, 0.29) is 11.4 Å². The van der Waals surface area contributed by atoms with Crippen molar-refractivity contribution in [1.29, 1.82) is 0 Å². The number of ether oxygens (including phenoxy) is 2. The van der Waals surface area contributed by atoms with Crippen LogP contribution in [0.25, 0.3) is 10.8 Å². The Morgan fingerprint density at radius 2 is 1.40 bits per heavy atom. The summed E-state index contributed by atoms with van der Waals surface area (Å²) in [5.41, 5.74) is 0.856. The molecule has 0 spiro atoms. The van der Waals surface area contributed by atoms with Crippen LogP contribution in [0.1, 0.15) is 5.56 Å². The third-order valence-corrected chi connectivity index (χ3v) is 5.35. The zero-order valence-electron chi connectivity index (χ0n) is 14.0. The Labute approximate surface area is 147 Å². The number of hydrogen-bond acceptors (Lipinski definition) is 4. The summed E-state index contributed by atoms with van der Waals surface area (Å²) in [4.78, 5) is 0.235. The van der Waals surface area contributed by atoms with Crippen molar-refractivity contribution in [1.82, 2.24) is 4.72 Å². The van der Waals surface area contributed by atoms with E-state index >= 15 is 0 Å². The fraction of sp³-hybridized carbons (Fsp3) is 0.158. The molecular weight excluding hydrogens is 338 g/mol. The lowest BCUT2D eigenvalue weighted by Gasteiger charge is -2.09. The molecule has 0 unspecified atom stereocenters. The maximum absolute atomic E-state index is 12.5. The van der Waals surface area contributed by atoms with Gasteiger partial charge in [0.25, 0.3) is 0 Å². The van der Waals surface area contributed by atoms with Crippen LogP contribution in [-0.4, -0.2) is 22.6 Å². The molecule has 3 rings (SSSR count). The van der Waals surface area contributed by atoms with Gasteiger partial charge in [0.2, 0.25) is 10.0 Å². The maximum atomic E-state index is 12.5. The van der Waals surface area contributed by atoms with Crippen molar-refractivity contribution in [3.63, 3.8) is 0 Å². The zero-order valence-corrected chi connectivity index (χ0v) is 14.8. The predicted molar refractivity (Wildman–Crippen MR) is 97.5 cm³/mol. The first-order valence-electron chi connectivity index (χ1n) is 7.72. The molecular formula is C19H19NO4S. The lowest BCUT2D eigenvalue weighted by Crippen LogP contribution is -2.23. The third kappa shape index (κ3) is 3.92. The minimum atomic E-state index is -3.59. The quantitative estimate of drug-likeness (QED) is 0.735.